The quantitative estimate of drug-likeness (QED) is 0.901. The maximum absolute atomic E-state index is 13.1. The lowest BCUT2D eigenvalue weighted by molar-refractivity contribution is -0.00480. The number of aliphatic hydroxyl groups excluding tert-OH is 1. The van der Waals surface area contributed by atoms with Gasteiger partial charge in [0.25, 0.3) is 0 Å². The van der Waals surface area contributed by atoms with E-state index in [9.17, 15) is 13.9 Å². The van der Waals surface area contributed by atoms with Crippen molar-refractivity contribution in [2.75, 3.05) is 0 Å². The number of alkyl halides is 2. The second kappa shape index (κ2) is 5.02. The van der Waals surface area contributed by atoms with Crippen LogP contribution in [0.3, 0.4) is 0 Å². The first-order valence-corrected chi connectivity index (χ1v) is 6.56. The van der Waals surface area contributed by atoms with Crippen LogP contribution in [0.4, 0.5) is 8.78 Å². The van der Waals surface area contributed by atoms with Crippen molar-refractivity contribution < 1.29 is 13.9 Å². The topological polar surface area (TPSA) is 20.2 Å². The Hall–Kier alpha value is -0.480. The molecule has 0 aromatic heterocycles. The van der Waals surface area contributed by atoms with Crippen LogP contribution in [0.25, 0.3) is 0 Å². The van der Waals surface area contributed by atoms with E-state index in [2.05, 4.69) is 15.9 Å². The van der Waals surface area contributed by atoms with Gasteiger partial charge in [0.2, 0.25) is 5.92 Å². The first-order valence-electron chi connectivity index (χ1n) is 5.77. The van der Waals surface area contributed by atoms with Gasteiger partial charge in [0.05, 0.1) is 6.10 Å². The number of rotatable bonds is 3. The lowest BCUT2D eigenvalue weighted by Crippen LogP contribution is -2.22. The van der Waals surface area contributed by atoms with Crippen molar-refractivity contribution in [3.63, 3.8) is 0 Å². The predicted molar refractivity (Wildman–Crippen MR) is 66.1 cm³/mol. The summed E-state index contributed by atoms with van der Waals surface area (Å²) < 4.78 is 27.0. The summed E-state index contributed by atoms with van der Waals surface area (Å²) in [5, 5.41) is 10.0. The van der Waals surface area contributed by atoms with Crippen LogP contribution < -0.4 is 0 Å². The van der Waals surface area contributed by atoms with Gasteiger partial charge in [0.1, 0.15) is 0 Å². The highest BCUT2D eigenvalue weighted by Crippen LogP contribution is 2.41. The summed E-state index contributed by atoms with van der Waals surface area (Å²) in [4.78, 5) is 0. The summed E-state index contributed by atoms with van der Waals surface area (Å²) in [6, 6.07) is 7.57. The van der Waals surface area contributed by atoms with E-state index in [1.807, 2.05) is 24.3 Å². The molecule has 2 unspecified atom stereocenters. The van der Waals surface area contributed by atoms with Gasteiger partial charge in [-0.15, -0.1) is 0 Å². The molecule has 1 nitrogen and oxygen atoms in total. The molecule has 0 bridgehead atoms. The molecule has 1 saturated carbocycles. The van der Waals surface area contributed by atoms with Gasteiger partial charge in [0, 0.05) is 17.3 Å². The molecule has 1 fully saturated rings. The third kappa shape index (κ3) is 3.26. The molecule has 0 saturated heterocycles. The van der Waals surface area contributed by atoms with E-state index in [1.54, 1.807) is 0 Å². The number of benzene rings is 1. The molecule has 2 atom stereocenters. The van der Waals surface area contributed by atoms with E-state index >= 15 is 0 Å². The van der Waals surface area contributed by atoms with Crippen LogP contribution in [-0.4, -0.2) is 17.1 Å². The van der Waals surface area contributed by atoms with Gasteiger partial charge < -0.3 is 5.11 Å². The summed E-state index contributed by atoms with van der Waals surface area (Å²) in [7, 11) is 0. The number of hydrogen-bond acceptors (Lipinski definition) is 1. The Morgan fingerprint density at radius 3 is 2.71 bits per heavy atom. The molecule has 1 aliphatic rings. The average Bonchev–Trinajstić information content (AvgIpc) is 2.62. The lowest BCUT2D eigenvalue weighted by atomic mass is 9.95. The smallest absolute Gasteiger partial charge is 0.248 e. The van der Waals surface area contributed by atoms with Crippen LogP contribution in [0.2, 0.25) is 0 Å². The molecule has 17 heavy (non-hydrogen) atoms. The molecular formula is C13H15BrF2O. The zero-order valence-corrected chi connectivity index (χ0v) is 11.0. The van der Waals surface area contributed by atoms with Crippen molar-refractivity contribution in [2.24, 2.45) is 5.92 Å². The van der Waals surface area contributed by atoms with Crippen molar-refractivity contribution in [1.82, 2.24) is 0 Å². The van der Waals surface area contributed by atoms with E-state index in [-0.39, 0.29) is 18.8 Å². The van der Waals surface area contributed by atoms with E-state index < -0.39 is 12.0 Å². The largest absolute Gasteiger partial charge is 0.392 e. The molecule has 0 spiro atoms. The van der Waals surface area contributed by atoms with Crippen LogP contribution in [0.1, 0.15) is 24.8 Å². The zero-order chi connectivity index (χ0) is 12.5. The number of hydrogen-bond donors (Lipinski definition) is 1. The summed E-state index contributed by atoms with van der Waals surface area (Å²) in [6.45, 7) is 0. The minimum atomic E-state index is -2.58. The highest BCUT2D eigenvalue weighted by molar-refractivity contribution is 9.10. The molecule has 4 heteroatoms. The molecule has 94 valence electrons. The summed E-state index contributed by atoms with van der Waals surface area (Å²) in [5.41, 5.74) is 0.968. The van der Waals surface area contributed by atoms with Gasteiger partial charge in [-0.2, -0.15) is 0 Å². The Morgan fingerprint density at radius 1 is 1.41 bits per heavy atom. The fraction of sp³-hybridized carbons (Fsp3) is 0.538. The van der Waals surface area contributed by atoms with Crippen molar-refractivity contribution in [3.8, 4) is 0 Å². The highest BCUT2D eigenvalue weighted by atomic mass is 79.9. The van der Waals surface area contributed by atoms with Crippen molar-refractivity contribution in [1.29, 1.82) is 0 Å². The van der Waals surface area contributed by atoms with Gasteiger partial charge in [-0.05, 0) is 30.4 Å². The first-order chi connectivity index (χ1) is 7.98. The number of aliphatic hydroxyl groups is 1. The normalized spacial score (nSPS) is 24.8. The Balaban J connectivity index is 1.98. The molecular weight excluding hydrogens is 290 g/mol. The van der Waals surface area contributed by atoms with Crippen molar-refractivity contribution >= 4 is 15.9 Å². The highest BCUT2D eigenvalue weighted by Gasteiger charge is 2.42. The Labute approximate surface area is 108 Å². The van der Waals surface area contributed by atoms with Gasteiger partial charge >= 0.3 is 0 Å². The second-order valence-corrected chi connectivity index (χ2v) is 5.58. The molecule has 1 aromatic rings. The summed E-state index contributed by atoms with van der Waals surface area (Å²) in [5.74, 6) is -2.86. The van der Waals surface area contributed by atoms with Crippen LogP contribution in [-0.2, 0) is 6.42 Å². The summed E-state index contributed by atoms with van der Waals surface area (Å²) in [6.07, 6.45) is -0.105. The average molecular weight is 305 g/mol. The molecule has 0 amide bonds. The monoisotopic (exact) mass is 304 g/mol. The van der Waals surface area contributed by atoms with Crippen molar-refractivity contribution in [3.05, 3.63) is 34.3 Å². The maximum Gasteiger partial charge on any atom is 0.248 e. The molecule has 1 N–H and O–H groups in total. The van der Waals surface area contributed by atoms with Crippen LogP contribution >= 0.6 is 15.9 Å². The molecule has 1 aromatic carbocycles. The maximum atomic E-state index is 13.1. The molecule has 0 heterocycles. The summed E-state index contributed by atoms with van der Waals surface area (Å²) >= 11 is 3.40. The van der Waals surface area contributed by atoms with E-state index in [1.165, 1.54) is 0 Å². The first kappa shape index (κ1) is 13.0. The van der Waals surface area contributed by atoms with Gasteiger partial charge in [0.15, 0.2) is 0 Å². The Bertz CT molecular complexity index is 395. The third-order valence-electron chi connectivity index (χ3n) is 3.37. The Kier molecular flexibility index (Phi) is 3.83. The van der Waals surface area contributed by atoms with Gasteiger partial charge in [-0.3, -0.25) is 0 Å². The van der Waals surface area contributed by atoms with E-state index in [4.69, 9.17) is 0 Å². The van der Waals surface area contributed by atoms with Crippen molar-refractivity contribution in [2.45, 2.75) is 37.7 Å². The minimum absolute atomic E-state index is 0.0926. The van der Waals surface area contributed by atoms with E-state index in [0.29, 0.717) is 12.8 Å². The van der Waals surface area contributed by atoms with Crippen LogP contribution in [0, 0.1) is 5.92 Å². The zero-order valence-electron chi connectivity index (χ0n) is 9.37. The standard InChI is InChI=1S/C13H15BrF2O/c14-11-4-2-1-3-9(11)7-12(17)10-5-6-13(15,16)8-10/h1-4,10,12,17H,5-8H2. The third-order valence-corrected chi connectivity index (χ3v) is 4.15. The molecule has 1 aliphatic carbocycles. The predicted octanol–water partition coefficient (Wildman–Crippen LogP) is 3.79. The molecule has 0 radical (unpaired) electrons. The number of halogens is 3. The molecule has 0 aliphatic heterocycles. The minimum Gasteiger partial charge on any atom is -0.392 e. The fourth-order valence-electron chi connectivity index (χ4n) is 2.37. The van der Waals surface area contributed by atoms with Gasteiger partial charge in [-0.1, -0.05) is 34.1 Å². The van der Waals surface area contributed by atoms with E-state index in [0.717, 1.165) is 10.0 Å². The van der Waals surface area contributed by atoms with Crippen LogP contribution in [0.5, 0.6) is 0 Å². The molecule has 2 rings (SSSR count). The van der Waals surface area contributed by atoms with Crippen LogP contribution in [0.15, 0.2) is 28.7 Å². The SMILES string of the molecule is OC(Cc1ccccc1Br)C1CCC(F)(F)C1. The Morgan fingerprint density at radius 2 is 2.12 bits per heavy atom. The lowest BCUT2D eigenvalue weighted by Gasteiger charge is -2.18. The second-order valence-electron chi connectivity index (χ2n) is 4.72. The van der Waals surface area contributed by atoms with Gasteiger partial charge in [-0.25, -0.2) is 8.78 Å². The fourth-order valence-corrected chi connectivity index (χ4v) is 2.82.